The average Bonchev–Trinajstić information content (AvgIpc) is 2.39. The highest BCUT2D eigenvalue weighted by molar-refractivity contribution is 7.47. The largest absolute Gasteiger partial charge is 0.546 e. The summed E-state index contributed by atoms with van der Waals surface area (Å²) in [5, 5.41) is 0.437. The number of methoxy groups -OCH3 is 1. The molecular formula is C13H12O3P+. The van der Waals surface area contributed by atoms with E-state index in [1.165, 1.54) is 0 Å². The number of hydrogen-bond donors (Lipinski definition) is 1. The van der Waals surface area contributed by atoms with Gasteiger partial charge in [0, 0.05) is 0 Å². The van der Waals surface area contributed by atoms with E-state index in [9.17, 15) is 4.57 Å². The lowest BCUT2D eigenvalue weighted by atomic mass is 10.1. The third kappa shape index (κ3) is 2.70. The molecule has 0 aliphatic carbocycles. The van der Waals surface area contributed by atoms with Gasteiger partial charge in [0.2, 0.25) is 5.30 Å². The van der Waals surface area contributed by atoms with Crippen molar-refractivity contribution in [1.82, 2.24) is 0 Å². The first-order valence-corrected chi connectivity index (χ1v) is 6.32. The van der Waals surface area contributed by atoms with Crippen molar-refractivity contribution in [1.29, 1.82) is 0 Å². The van der Waals surface area contributed by atoms with Gasteiger partial charge in [0.15, 0.2) is 0 Å². The Kier molecular flexibility index (Phi) is 3.52. The highest BCUT2D eigenvalue weighted by Crippen LogP contribution is 2.24. The zero-order valence-electron chi connectivity index (χ0n) is 9.33. The van der Waals surface area contributed by atoms with Gasteiger partial charge in [0.25, 0.3) is 0 Å². The molecule has 0 amide bonds. The molecule has 0 bridgehead atoms. The summed E-state index contributed by atoms with van der Waals surface area (Å²) in [6, 6.07) is 14.7. The van der Waals surface area contributed by atoms with Crippen molar-refractivity contribution < 1.29 is 14.2 Å². The topological polar surface area (TPSA) is 46.5 Å². The van der Waals surface area contributed by atoms with Gasteiger partial charge < -0.3 is 4.74 Å². The number of rotatable bonds is 3. The fourth-order valence-corrected chi connectivity index (χ4v) is 1.99. The molecule has 17 heavy (non-hydrogen) atoms. The van der Waals surface area contributed by atoms with Crippen LogP contribution in [0.15, 0.2) is 48.5 Å². The minimum Gasteiger partial charge on any atom is -0.497 e. The van der Waals surface area contributed by atoms with Crippen LogP contribution in [0.4, 0.5) is 0 Å². The minimum absolute atomic E-state index is 0.437. The molecule has 1 unspecified atom stereocenters. The van der Waals surface area contributed by atoms with Gasteiger partial charge in [-0.25, -0.2) is 0 Å². The third-order valence-corrected chi connectivity index (χ3v) is 3.23. The Bertz CT molecular complexity index is 535. The molecule has 2 aromatic rings. The number of benzene rings is 2. The van der Waals surface area contributed by atoms with E-state index in [2.05, 4.69) is 0 Å². The van der Waals surface area contributed by atoms with E-state index in [0.717, 1.165) is 16.9 Å². The Morgan fingerprint density at radius 1 is 1.06 bits per heavy atom. The van der Waals surface area contributed by atoms with Crippen LogP contribution in [-0.2, 0) is 4.57 Å². The molecule has 0 saturated heterocycles. The predicted octanol–water partition coefficient (Wildman–Crippen LogP) is 2.72. The molecule has 2 rings (SSSR count). The summed E-state index contributed by atoms with van der Waals surface area (Å²) >= 11 is 0. The molecule has 1 atom stereocenters. The van der Waals surface area contributed by atoms with Gasteiger partial charge in [0.05, 0.1) is 7.11 Å². The lowest BCUT2D eigenvalue weighted by Crippen LogP contribution is -1.94. The minimum atomic E-state index is -2.26. The SMILES string of the molecule is COc1cccc(-c2ccc([P+](=O)O)cc2)c1. The standard InChI is InChI=1S/C13H11O3P/c1-16-12-4-2-3-11(9-12)10-5-7-13(8-6-10)17(14)15/h2-9H,1H3/p+1. The fourth-order valence-electron chi connectivity index (χ4n) is 1.58. The number of hydrogen-bond acceptors (Lipinski definition) is 2. The van der Waals surface area contributed by atoms with Crippen LogP contribution in [0, 0.1) is 0 Å². The van der Waals surface area contributed by atoms with E-state index in [0.29, 0.717) is 5.30 Å². The zero-order chi connectivity index (χ0) is 12.3. The summed E-state index contributed by atoms with van der Waals surface area (Å²) in [6.07, 6.45) is 0. The first-order valence-electron chi connectivity index (χ1n) is 5.11. The van der Waals surface area contributed by atoms with Crippen LogP contribution in [-0.4, -0.2) is 12.0 Å². The van der Waals surface area contributed by atoms with E-state index >= 15 is 0 Å². The summed E-state index contributed by atoms with van der Waals surface area (Å²) in [4.78, 5) is 8.96. The van der Waals surface area contributed by atoms with Crippen molar-refractivity contribution in [2.75, 3.05) is 7.11 Å². The Labute approximate surface area is 101 Å². The quantitative estimate of drug-likeness (QED) is 0.848. The zero-order valence-corrected chi connectivity index (χ0v) is 10.2. The Morgan fingerprint density at radius 3 is 2.35 bits per heavy atom. The lowest BCUT2D eigenvalue weighted by Gasteiger charge is -2.04. The molecule has 0 aromatic heterocycles. The Hall–Kier alpha value is -1.70. The van der Waals surface area contributed by atoms with E-state index in [-0.39, 0.29) is 0 Å². The molecule has 86 valence electrons. The molecule has 1 N–H and O–H groups in total. The van der Waals surface area contributed by atoms with E-state index < -0.39 is 8.03 Å². The summed E-state index contributed by atoms with van der Waals surface area (Å²) in [5.41, 5.74) is 2.01. The van der Waals surface area contributed by atoms with Gasteiger partial charge in [-0.05, 0) is 52.1 Å². The molecule has 0 aliphatic heterocycles. The first-order chi connectivity index (χ1) is 8.20. The van der Waals surface area contributed by atoms with Gasteiger partial charge in [-0.1, -0.05) is 12.1 Å². The molecule has 0 radical (unpaired) electrons. The fraction of sp³-hybridized carbons (Fsp3) is 0.0769. The van der Waals surface area contributed by atoms with E-state index in [4.69, 9.17) is 9.63 Å². The maximum atomic E-state index is 10.9. The maximum absolute atomic E-state index is 10.9. The summed E-state index contributed by atoms with van der Waals surface area (Å²) in [6.45, 7) is 0. The van der Waals surface area contributed by atoms with Crippen LogP contribution >= 0.6 is 8.03 Å². The summed E-state index contributed by atoms with van der Waals surface area (Å²) in [5.74, 6) is 0.791. The maximum Gasteiger partial charge on any atom is 0.546 e. The van der Waals surface area contributed by atoms with Crippen LogP contribution in [0.2, 0.25) is 0 Å². The van der Waals surface area contributed by atoms with Crippen LogP contribution in [0.5, 0.6) is 5.75 Å². The Balaban J connectivity index is 2.36. The van der Waals surface area contributed by atoms with Crippen molar-refractivity contribution in [2.45, 2.75) is 0 Å². The van der Waals surface area contributed by atoms with Crippen LogP contribution < -0.4 is 10.0 Å². The number of ether oxygens (including phenoxy) is 1. The first kappa shape index (κ1) is 11.8. The molecule has 0 fully saturated rings. The van der Waals surface area contributed by atoms with Gasteiger partial charge >= 0.3 is 8.03 Å². The molecule has 0 spiro atoms. The van der Waals surface area contributed by atoms with Crippen molar-refractivity contribution in [3.8, 4) is 16.9 Å². The van der Waals surface area contributed by atoms with Gasteiger partial charge in [-0.15, -0.1) is 0 Å². The van der Waals surface area contributed by atoms with Crippen molar-refractivity contribution in [2.24, 2.45) is 0 Å². The summed E-state index contributed by atoms with van der Waals surface area (Å²) < 4.78 is 16.0. The predicted molar refractivity (Wildman–Crippen MR) is 67.9 cm³/mol. The van der Waals surface area contributed by atoms with Crippen LogP contribution in [0.1, 0.15) is 0 Å². The molecular weight excluding hydrogens is 235 g/mol. The smallest absolute Gasteiger partial charge is 0.497 e. The van der Waals surface area contributed by atoms with Crippen LogP contribution in [0.3, 0.4) is 0 Å². The molecule has 4 heteroatoms. The van der Waals surface area contributed by atoms with E-state index in [1.54, 1.807) is 19.2 Å². The molecule has 2 aromatic carbocycles. The molecule has 0 heterocycles. The van der Waals surface area contributed by atoms with E-state index in [1.807, 2.05) is 36.4 Å². The second-order valence-electron chi connectivity index (χ2n) is 3.55. The van der Waals surface area contributed by atoms with Gasteiger partial charge in [-0.3, -0.25) is 0 Å². The molecule has 3 nitrogen and oxygen atoms in total. The molecule has 0 aliphatic rings. The Morgan fingerprint density at radius 2 is 1.76 bits per heavy atom. The lowest BCUT2D eigenvalue weighted by molar-refractivity contribution is 0.415. The average molecular weight is 247 g/mol. The highest BCUT2D eigenvalue weighted by Gasteiger charge is 2.14. The second kappa shape index (κ2) is 5.09. The summed E-state index contributed by atoms with van der Waals surface area (Å²) in [7, 11) is -0.637. The monoisotopic (exact) mass is 247 g/mol. The van der Waals surface area contributed by atoms with Crippen molar-refractivity contribution >= 4 is 13.3 Å². The third-order valence-electron chi connectivity index (χ3n) is 2.49. The van der Waals surface area contributed by atoms with Crippen molar-refractivity contribution in [3.63, 3.8) is 0 Å². The normalized spacial score (nSPS) is 11.1. The van der Waals surface area contributed by atoms with Gasteiger partial charge in [-0.2, -0.15) is 4.89 Å². The van der Waals surface area contributed by atoms with Crippen molar-refractivity contribution in [3.05, 3.63) is 48.5 Å². The second-order valence-corrected chi connectivity index (χ2v) is 4.61. The highest BCUT2D eigenvalue weighted by atomic mass is 31.1. The van der Waals surface area contributed by atoms with Crippen LogP contribution in [0.25, 0.3) is 11.1 Å². The van der Waals surface area contributed by atoms with Gasteiger partial charge in [0.1, 0.15) is 5.75 Å². The molecule has 0 saturated carbocycles.